The van der Waals surface area contributed by atoms with Crippen molar-refractivity contribution in [3.8, 4) is 0 Å². The Bertz CT molecular complexity index is 378. The number of amides is 1. The summed E-state index contributed by atoms with van der Waals surface area (Å²) in [4.78, 5) is 11.8. The number of hydrogen-bond donors (Lipinski definition) is 2. The van der Waals surface area contributed by atoms with Crippen molar-refractivity contribution in [3.63, 3.8) is 0 Å². The fourth-order valence-electron chi connectivity index (χ4n) is 1.48. The Kier molecular flexibility index (Phi) is 5.58. The van der Waals surface area contributed by atoms with E-state index in [2.05, 4.69) is 21.2 Å². The highest BCUT2D eigenvalue weighted by atomic mass is 79.9. The van der Waals surface area contributed by atoms with Crippen molar-refractivity contribution in [1.29, 1.82) is 0 Å². The number of benzene rings is 1. The maximum atomic E-state index is 13.5. The van der Waals surface area contributed by atoms with Crippen LogP contribution < -0.4 is 5.32 Å². The van der Waals surface area contributed by atoms with E-state index in [1.54, 1.807) is 6.07 Å². The van der Waals surface area contributed by atoms with Gasteiger partial charge in [0, 0.05) is 17.1 Å². The number of halogens is 2. The minimum absolute atomic E-state index is 0.0170. The molecule has 1 aromatic rings. The Labute approximate surface area is 108 Å². The molecule has 0 bridgehead atoms. The lowest BCUT2D eigenvalue weighted by atomic mass is 10.1. The second kappa shape index (κ2) is 6.71. The summed E-state index contributed by atoms with van der Waals surface area (Å²) in [6.45, 7) is 1.91. The Hall–Kier alpha value is -0.940. The van der Waals surface area contributed by atoms with Gasteiger partial charge >= 0.3 is 0 Å². The topological polar surface area (TPSA) is 49.3 Å². The summed E-state index contributed by atoms with van der Waals surface area (Å²) in [6, 6.07) is 4.31. The molecule has 0 aliphatic heterocycles. The van der Waals surface area contributed by atoms with Gasteiger partial charge in [0.2, 0.25) is 0 Å². The highest BCUT2D eigenvalue weighted by molar-refractivity contribution is 9.10. The van der Waals surface area contributed by atoms with Gasteiger partial charge in [0.15, 0.2) is 0 Å². The first-order valence-electron chi connectivity index (χ1n) is 5.42. The molecule has 0 spiro atoms. The Morgan fingerprint density at radius 3 is 2.88 bits per heavy atom. The second-order valence-corrected chi connectivity index (χ2v) is 4.69. The van der Waals surface area contributed by atoms with E-state index in [9.17, 15) is 9.18 Å². The van der Waals surface area contributed by atoms with Crippen LogP contribution in [0, 0.1) is 5.82 Å². The first kappa shape index (κ1) is 14.1. The van der Waals surface area contributed by atoms with Crippen molar-refractivity contribution in [3.05, 3.63) is 34.1 Å². The Morgan fingerprint density at radius 2 is 2.29 bits per heavy atom. The van der Waals surface area contributed by atoms with Gasteiger partial charge < -0.3 is 10.4 Å². The molecule has 2 N–H and O–H groups in total. The van der Waals surface area contributed by atoms with Gasteiger partial charge in [-0.15, -0.1) is 0 Å². The third kappa shape index (κ3) is 4.09. The molecule has 0 saturated carbocycles. The van der Waals surface area contributed by atoms with Gasteiger partial charge in [0.25, 0.3) is 5.91 Å². The van der Waals surface area contributed by atoms with Gasteiger partial charge in [0.05, 0.1) is 5.56 Å². The predicted molar refractivity (Wildman–Crippen MR) is 67.3 cm³/mol. The van der Waals surface area contributed by atoms with Crippen LogP contribution >= 0.6 is 15.9 Å². The fourth-order valence-corrected chi connectivity index (χ4v) is 2.00. The van der Waals surface area contributed by atoms with E-state index >= 15 is 0 Å². The molecule has 0 radical (unpaired) electrons. The van der Waals surface area contributed by atoms with E-state index in [1.165, 1.54) is 12.1 Å². The van der Waals surface area contributed by atoms with Crippen molar-refractivity contribution in [1.82, 2.24) is 5.32 Å². The van der Waals surface area contributed by atoms with Crippen LogP contribution in [0.1, 0.15) is 30.1 Å². The van der Waals surface area contributed by atoms with Crippen LogP contribution in [0.25, 0.3) is 0 Å². The van der Waals surface area contributed by atoms with Crippen molar-refractivity contribution < 1.29 is 14.3 Å². The van der Waals surface area contributed by atoms with Crippen molar-refractivity contribution in [2.45, 2.75) is 25.8 Å². The molecular formula is C12H15BrFNO2. The fraction of sp³-hybridized carbons (Fsp3) is 0.417. The lowest BCUT2D eigenvalue weighted by Gasteiger charge is -2.14. The lowest BCUT2D eigenvalue weighted by Crippen LogP contribution is -2.33. The first-order valence-corrected chi connectivity index (χ1v) is 6.21. The van der Waals surface area contributed by atoms with Gasteiger partial charge in [-0.2, -0.15) is 0 Å². The summed E-state index contributed by atoms with van der Waals surface area (Å²) in [5.41, 5.74) is 0.0170. The summed E-state index contributed by atoms with van der Waals surface area (Å²) in [5, 5.41) is 11.4. The number of carbonyl (C=O) groups excluding carboxylic acids is 1. The molecule has 0 saturated heterocycles. The number of nitrogens with one attached hydrogen (secondary N) is 1. The largest absolute Gasteiger partial charge is 0.396 e. The molecule has 94 valence electrons. The molecule has 0 heterocycles. The van der Waals surface area contributed by atoms with Gasteiger partial charge in [-0.25, -0.2) is 4.39 Å². The molecule has 1 amide bonds. The molecule has 1 atom stereocenters. The zero-order chi connectivity index (χ0) is 12.8. The lowest BCUT2D eigenvalue weighted by molar-refractivity contribution is 0.0931. The molecule has 1 aromatic carbocycles. The summed E-state index contributed by atoms with van der Waals surface area (Å²) in [6.07, 6.45) is 1.27. The second-order valence-electron chi connectivity index (χ2n) is 3.84. The molecule has 3 nitrogen and oxygen atoms in total. The van der Waals surface area contributed by atoms with E-state index in [-0.39, 0.29) is 18.2 Å². The monoisotopic (exact) mass is 303 g/mol. The average Bonchev–Trinajstić information content (AvgIpc) is 2.26. The Morgan fingerprint density at radius 1 is 1.59 bits per heavy atom. The number of aliphatic hydroxyl groups is 1. The molecule has 1 unspecified atom stereocenters. The van der Waals surface area contributed by atoms with E-state index in [4.69, 9.17) is 5.11 Å². The Balaban J connectivity index is 2.70. The molecule has 0 aliphatic carbocycles. The molecule has 0 aromatic heterocycles. The smallest absolute Gasteiger partial charge is 0.255 e. The molecule has 0 fully saturated rings. The van der Waals surface area contributed by atoms with E-state index in [1.807, 2.05) is 6.92 Å². The zero-order valence-electron chi connectivity index (χ0n) is 9.54. The zero-order valence-corrected chi connectivity index (χ0v) is 11.1. The van der Waals surface area contributed by atoms with Crippen LogP contribution in [-0.2, 0) is 0 Å². The van der Waals surface area contributed by atoms with Crippen LogP contribution in [0.4, 0.5) is 4.39 Å². The highest BCUT2D eigenvalue weighted by Crippen LogP contribution is 2.19. The summed E-state index contributed by atoms with van der Waals surface area (Å²) in [5.74, 6) is -0.994. The summed E-state index contributed by atoms with van der Waals surface area (Å²) < 4.78 is 13.9. The van der Waals surface area contributed by atoms with Crippen LogP contribution in [0.3, 0.4) is 0 Å². The predicted octanol–water partition coefficient (Wildman–Crippen LogP) is 2.48. The van der Waals surface area contributed by atoms with Gasteiger partial charge in [-0.1, -0.05) is 6.07 Å². The summed E-state index contributed by atoms with van der Waals surface area (Å²) >= 11 is 3.15. The van der Waals surface area contributed by atoms with Crippen LogP contribution in [0.15, 0.2) is 22.7 Å². The SMILES string of the molecule is CC(CCCO)NC(=O)c1c(F)cccc1Br. The van der Waals surface area contributed by atoms with Crippen molar-refractivity contribution in [2.75, 3.05) is 6.61 Å². The number of hydrogen-bond acceptors (Lipinski definition) is 2. The molecule has 5 heteroatoms. The van der Waals surface area contributed by atoms with Gasteiger partial charge in [-0.3, -0.25) is 4.79 Å². The molecule has 17 heavy (non-hydrogen) atoms. The van der Waals surface area contributed by atoms with Crippen molar-refractivity contribution >= 4 is 21.8 Å². The quantitative estimate of drug-likeness (QED) is 0.878. The average molecular weight is 304 g/mol. The standard InChI is InChI=1S/C12H15BrFNO2/c1-8(4-3-7-16)15-12(17)11-9(13)5-2-6-10(11)14/h2,5-6,8,16H,3-4,7H2,1H3,(H,15,17). The van der Waals surface area contributed by atoms with Gasteiger partial charge in [0.1, 0.15) is 5.82 Å². The third-order valence-electron chi connectivity index (χ3n) is 2.36. The van der Waals surface area contributed by atoms with E-state index in [0.717, 1.165) is 0 Å². The minimum atomic E-state index is -0.550. The number of carbonyl (C=O) groups is 1. The summed E-state index contributed by atoms with van der Waals surface area (Å²) in [7, 11) is 0. The molecular weight excluding hydrogens is 289 g/mol. The minimum Gasteiger partial charge on any atom is -0.396 e. The van der Waals surface area contributed by atoms with Gasteiger partial charge in [-0.05, 0) is 47.8 Å². The normalized spacial score (nSPS) is 12.2. The number of aliphatic hydroxyl groups excluding tert-OH is 1. The highest BCUT2D eigenvalue weighted by Gasteiger charge is 2.16. The van der Waals surface area contributed by atoms with E-state index in [0.29, 0.717) is 17.3 Å². The molecule has 1 rings (SSSR count). The van der Waals surface area contributed by atoms with Crippen LogP contribution in [0.5, 0.6) is 0 Å². The van der Waals surface area contributed by atoms with Crippen LogP contribution in [-0.4, -0.2) is 23.7 Å². The third-order valence-corrected chi connectivity index (χ3v) is 3.02. The maximum Gasteiger partial charge on any atom is 0.255 e. The maximum absolute atomic E-state index is 13.5. The number of rotatable bonds is 5. The molecule has 0 aliphatic rings. The van der Waals surface area contributed by atoms with Crippen LogP contribution in [0.2, 0.25) is 0 Å². The van der Waals surface area contributed by atoms with Crippen molar-refractivity contribution in [2.24, 2.45) is 0 Å². The van der Waals surface area contributed by atoms with E-state index < -0.39 is 11.7 Å². The first-order chi connectivity index (χ1) is 8.06.